The van der Waals surface area contributed by atoms with Gasteiger partial charge in [-0.2, -0.15) is 13.2 Å². The van der Waals surface area contributed by atoms with E-state index in [2.05, 4.69) is 20.5 Å². The Morgan fingerprint density at radius 1 is 0.964 bits per heavy atom. The number of nitrogens with zero attached hydrogens (tertiary/aromatic N) is 5. The van der Waals surface area contributed by atoms with Gasteiger partial charge >= 0.3 is 5.51 Å². The largest absolute Gasteiger partial charge is 0.446 e. The Morgan fingerprint density at radius 2 is 1.71 bits per heavy atom. The Bertz CT molecular complexity index is 1110. The third-order valence-corrected chi connectivity index (χ3v) is 4.52. The van der Waals surface area contributed by atoms with Crippen LogP contribution in [-0.4, -0.2) is 30.7 Å². The summed E-state index contributed by atoms with van der Waals surface area (Å²) in [6.45, 7) is 0. The van der Waals surface area contributed by atoms with Gasteiger partial charge in [0.1, 0.15) is 0 Å². The molecule has 0 amide bonds. The molecule has 0 aliphatic heterocycles. The zero-order valence-electron chi connectivity index (χ0n) is 13.8. The minimum atomic E-state index is -4.33. The van der Waals surface area contributed by atoms with Gasteiger partial charge in [0.25, 0.3) is 5.89 Å². The van der Waals surface area contributed by atoms with E-state index >= 15 is 0 Å². The van der Waals surface area contributed by atoms with Gasteiger partial charge in [0.15, 0.2) is 5.69 Å². The highest BCUT2D eigenvalue weighted by Gasteiger charge is 2.29. The lowest BCUT2D eigenvalue weighted by atomic mass is 10.2. The zero-order chi connectivity index (χ0) is 19.7. The number of hydrogen-bond acceptors (Lipinski definition) is 6. The first kappa shape index (κ1) is 18.5. The zero-order valence-corrected chi connectivity index (χ0v) is 15.3. The third-order valence-electron chi connectivity index (χ3n) is 3.54. The van der Waals surface area contributed by atoms with Gasteiger partial charge in [-0.3, -0.25) is 0 Å². The van der Waals surface area contributed by atoms with Gasteiger partial charge in [-0.25, -0.2) is 4.68 Å². The van der Waals surface area contributed by atoms with Crippen molar-refractivity contribution in [3.05, 3.63) is 59.8 Å². The van der Waals surface area contributed by atoms with Crippen LogP contribution >= 0.6 is 23.4 Å². The van der Waals surface area contributed by atoms with E-state index < -0.39 is 5.51 Å². The van der Waals surface area contributed by atoms with Crippen molar-refractivity contribution in [2.75, 3.05) is 0 Å². The molecule has 0 aliphatic rings. The number of alkyl halides is 3. The number of aromatic nitrogens is 5. The molecule has 0 unspecified atom stereocenters. The van der Waals surface area contributed by atoms with E-state index in [4.69, 9.17) is 16.0 Å². The molecule has 2 heterocycles. The molecule has 11 heteroatoms. The molecule has 28 heavy (non-hydrogen) atoms. The van der Waals surface area contributed by atoms with Crippen molar-refractivity contribution < 1.29 is 17.6 Å². The van der Waals surface area contributed by atoms with Crippen LogP contribution in [0.1, 0.15) is 0 Å². The van der Waals surface area contributed by atoms with E-state index in [-0.39, 0.29) is 28.4 Å². The average Bonchev–Trinajstić information content (AvgIpc) is 3.31. The number of benzene rings is 2. The van der Waals surface area contributed by atoms with Crippen LogP contribution in [0.4, 0.5) is 13.2 Å². The number of thioether (sulfide) groups is 1. The molecule has 142 valence electrons. The average molecular weight is 424 g/mol. The fourth-order valence-corrected chi connectivity index (χ4v) is 3.08. The van der Waals surface area contributed by atoms with Crippen molar-refractivity contribution in [3.63, 3.8) is 0 Å². The Morgan fingerprint density at radius 3 is 2.43 bits per heavy atom. The van der Waals surface area contributed by atoms with Crippen molar-refractivity contribution in [2.45, 2.75) is 10.4 Å². The molecular weight excluding hydrogens is 415 g/mol. The summed E-state index contributed by atoms with van der Waals surface area (Å²) in [5.41, 5.74) is -2.80. The van der Waals surface area contributed by atoms with Gasteiger partial charge < -0.3 is 4.42 Å². The topological polar surface area (TPSA) is 69.6 Å². The van der Waals surface area contributed by atoms with E-state index in [0.29, 0.717) is 22.0 Å². The maximum absolute atomic E-state index is 12.4. The number of hydrogen-bond donors (Lipinski definition) is 0. The molecule has 2 aromatic carbocycles. The van der Waals surface area contributed by atoms with Crippen LogP contribution in [0.15, 0.2) is 64.0 Å². The van der Waals surface area contributed by atoms with E-state index in [1.165, 1.54) is 28.9 Å². The van der Waals surface area contributed by atoms with Crippen LogP contribution in [0.3, 0.4) is 0 Å². The van der Waals surface area contributed by atoms with Crippen LogP contribution in [0.5, 0.6) is 0 Å². The quantitative estimate of drug-likeness (QED) is 0.417. The summed E-state index contributed by atoms with van der Waals surface area (Å²) in [7, 11) is 0. The third kappa shape index (κ3) is 4.18. The van der Waals surface area contributed by atoms with Crippen LogP contribution < -0.4 is 0 Å². The summed E-state index contributed by atoms with van der Waals surface area (Å²) in [5.74, 6) is 0.436. The number of halogens is 4. The van der Waals surface area contributed by atoms with E-state index in [1.807, 2.05) is 0 Å². The van der Waals surface area contributed by atoms with Crippen LogP contribution in [0.2, 0.25) is 5.02 Å². The predicted octanol–water partition coefficient (Wildman–Crippen LogP) is 5.25. The van der Waals surface area contributed by atoms with Gasteiger partial charge in [0.2, 0.25) is 5.89 Å². The van der Waals surface area contributed by atoms with Crippen molar-refractivity contribution >= 4 is 23.4 Å². The Hall–Kier alpha value is -2.85. The first-order valence-electron chi connectivity index (χ1n) is 7.76. The molecule has 0 atom stereocenters. The van der Waals surface area contributed by atoms with Crippen molar-refractivity contribution in [1.29, 1.82) is 0 Å². The fourth-order valence-electron chi connectivity index (χ4n) is 2.35. The van der Waals surface area contributed by atoms with Crippen molar-refractivity contribution in [3.8, 4) is 28.7 Å². The molecule has 0 radical (unpaired) electrons. The first-order valence-corrected chi connectivity index (χ1v) is 8.95. The van der Waals surface area contributed by atoms with E-state index in [0.717, 1.165) is 0 Å². The van der Waals surface area contributed by atoms with Crippen molar-refractivity contribution in [1.82, 2.24) is 25.2 Å². The monoisotopic (exact) mass is 423 g/mol. The second kappa shape index (κ2) is 7.28. The second-order valence-corrected chi connectivity index (χ2v) is 7.09. The summed E-state index contributed by atoms with van der Waals surface area (Å²) < 4.78 is 44.2. The van der Waals surface area contributed by atoms with E-state index in [9.17, 15) is 13.2 Å². The highest BCUT2D eigenvalue weighted by molar-refractivity contribution is 8.00. The molecule has 0 fully saturated rings. The summed E-state index contributed by atoms with van der Waals surface area (Å²) in [5, 5.41) is 16.4. The molecule has 0 spiro atoms. The van der Waals surface area contributed by atoms with Gasteiger partial charge in [-0.05, 0) is 54.2 Å². The molecular formula is C17H9ClF3N5OS. The Kier molecular flexibility index (Phi) is 4.82. The van der Waals surface area contributed by atoms with Gasteiger partial charge in [0, 0.05) is 15.5 Å². The highest BCUT2D eigenvalue weighted by atomic mass is 35.5. The van der Waals surface area contributed by atoms with Crippen LogP contribution in [0.25, 0.3) is 28.7 Å². The Labute approximate surface area is 165 Å². The molecule has 0 saturated heterocycles. The summed E-state index contributed by atoms with van der Waals surface area (Å²) in [6.07, 6.45) is 1.54. The van der Waals surface area contributed by atoms with E-state index in [1.54, 1.807) is 30.5 Å². The summed E-state index contributed by atoms with van der Waals surface area (Å²) in [4.78, 5) is 0.0830. The van der Waals surface area contributed by atoms with Crippen LogP contribution in [-0.2, 0) is 0 Å². The predicted molar refractivity (Wildman–Crippen MR) is 97.0 cm³/mol. The molecule has 2 aromatic heterocycles. The summed E-state index contributed by atoms with van der Waals surface area (Å²) >= 11 is 5.78. The standard InChI is InChI=1S/C17H9ClF3N5OS/c18-11-3-1-2-10(8-11)15-23-24-16(27-15)14-9-26(25-22-14)12-4-6-13(7-5-12)28-17(19,20)21/h1-9H. The number of rotatable bonds is 4. The molecule has 0 bridgehead atoms. The fraction of sp³-hybridized carbons (Fsp3) is 0.0588. The molecule has 4 aromatic rings. The van der Waals surface area contributed by atoms with Crippen molar-refractivity contribution in [2.24, 2.45) is 0 Å². The Balaban J connectivity index is 1.55. The first-order chi connectivity index (χ1) is 13.4. The maximum atomic E-state index is 12.4. The minimum Gasteiger partial charge on any atom is -0.414 e. The molecule has 6 nitrogen and oxygen atoms in total. The van der Waals surface area contributed by atoms with Crippen LogP contribution in [0, 0.1) is 0 Å². The highest BCUT2D eigenvalue weighted by Crippen LogP contribution is 2.37. The van der Waals surface area contributed by atoms with Gasteiger partial charge in [-0.15, -0.1) is 15.3 Å². The molecule has 0 saturated carbocycles. The minimum absolute atomic E-state index is 0.0830. The maximum Gasteiger partial charge on any atom is 0.446 e. The SMILES string of the molecule is FC(F)(F)Sc1ccc(-n2cc(-c3nnc(-c4cccc(Cl)c4)o3)nn2)cc1. The smallest absolute Gasteiger partial charge is 0.414 e. The van der Waals surface area contributed by atoms with Gasteiger partial charge in [-0.1, -0.05) is 22.9 Å². The lowest BCUT2D eigenvalue weighted by Crippen LogP contribution is -1.99. The lowest BCUT2D eigenvalue weighted by molar-refractivity contribution is -0.0328. The molecule has 0 aliphatic carbocycles. The molecule has 4 rings (SSSR count). The second-order valence-electron chi connectivity index (χ2n) is 5.51. The normalized spacial score (nSPS) is 11.7. The lowest BCUT2D eigenvalue weighted by Gasteiger charge is -2.06. The summed E-state index contributed by atoms with van der Waals surface area (Å²) in [6, 6.07) is 12.7. The van der Waals surface area contributed by atoms with Gasteiger partial charge in [0.05, 0.1) is 11.9 Å². The molecule has 0 N–H and O–H groups in total.